The van der Waals surface area contributed by atoms with Crippen molar-refractivity contribution in [3.05, 3.63) is 59.7 Å². The molecule has 0 saturated carbocycles. The third-order valence-corrected chi connectivity index (χ3v) is 6.02. The molecule has 0 spiro atoms. The van der Waals surface area contributed by atoms with E-state index in [0.717, 1.165) is 22.1 Å². The van der Waals surface area contributed by atoms with Crippen LogP contribution in [0.1, 0.15) is 35.7 Å². The highest BCUT2D eigenvalue weighted by Gasteiger charge is 2.41. The summed E-state index contributed by atoms with van der Waals surface area (Å²) in [6, 6.07) is 14.1. The van der Waals surface area contributed by atoms with E-state index in [1.54, 1.807) is 18.2 Å². The average molecular weight is 344 g/mol. The molecule has 1 aliphatic heterocycles. The Labute approximate surface area is 142 Å². The van der Waals surface area contributed by atoms with Crippen molar-refractivity contribution >= 4 is 21.6 Å². The molecular weight excluding hydrogens is 324 g/mol. The molecule has 1 amide bonds. The molecule has 1 aliphatic rings. The van der Waals surface area contributed by atoms with Crippen molar-refractivity contribution in [2.24, 2.45) is 0 Å². The average Bonchev–Trinajstić information content (AvgIpc) is 2.77. The summed E-state index contributed by atoms with van der Waals surface area (Å²) >= 11 is 0. The van der Waals surface area contributed by atoms with Crippen LogP contribution in [0.3, 0.4) is 0 Å². The van der Waals surface area contributed by atoms with Gasteiger partial charge in [-0.15, -0.1) is 0 Å². The number of benzene rings is 2. The second-order valence-electron chi connectivity index (χ2n) is 5.86. The van der Waals surface area contributed by atoms with Gasteiger partial charge >= 0.3 is 0 Å². The van der Waals surface area contributed by atoms with E-state index in [2.05, 4.69) is 5.32 Å². The fourth-order valence-electron chi connectivity index (χ4n) is 3.04. The lowest BCUT2D eigenvalue weighted by atomic mass is 9.99. The molecule has 0 saturated heterocycles. The number of para-hydroxylation sites is 1. The maximum absolute atomic E-state index is 12.7. The molecule has 1 heterocycles. The number of nitrogens with one attached hydrogen (secondary N) is 1. The molecule has 3 rings (SSSR count). The highest BCUT2D eigenvalue weighted by molar-refractivity contribution is 7.90. The van der Waals surface area contributed by atoms with Crippen LogP contribution in [0.25, 0.3) is 0 Å². The molecule has 126 valence electrons. The van der Waals surface area contributed by atoms with Crippen LogP contribution >= 0.6 is 0 Å². The zero-order chi connectivity index (χ0) is 17.3. The lowest BCUT2D eigenvalue weighted by Crippen LogP contribution is -2.33. The molecule has 0 aliphatic carbocycles. The number of nitrogens with zero attached hydrogens (tertiary/aromatic N) is 1. The second kappa shape index (κ2) is 6.28. The Hall–Kier alpha value is -2.34. The monoisotopic (exact) mass is 344 g/mol. The van der Waals surface area contributed by atoms with E-state index in [9.17, 15) is 13.2 Å². The highest BCUT2D eigenvalue weighted by atomic mass is 32.2. The summed E-state index contributed by atoms with van der Waals surface area (Å²) in [4.78, 5) is 12.6. The zero-order valence-corrected chi connectivity index (χ0v) is 14.5. The summed E-state index contributed by atoms with van der Waals surface area (Å²) in [6.07, 6.45) is 0. The number of carbonyl (C=O) groups is 1. The van der Waals surface area contributed by atoms with Gasteiger partial charge in [0.05, 0.1) is 5.56 Å². The molecule has 6 heteroatoms. The molecule has 0 aromatic heterocycles. The molecular formula is C18H20N2O3S. The normalized spacial score (nSPS) is 16.8. The van der Waals surface area contributed by atoms with Crippen LogP contribution in [0.15, 0.2) is 53.4 Å². The lowest BCUT2D eigenvalue weighted by Gasteiger charge is -2.22. The number of sulfonamides is 1. The summed E-state index contributed by atoms with van der Waals surface area (Å²) in [7, 11) is -3.76. The number of anilines is 1. The molecule has 0 radical (unpaired) electrons. The lowest BCUT2D eigenvalue weighted by molar-refractivity contribution is 0.0867. The van der Waals surface area contributed by atoms with Gasteiger partial charge in [0.15, 0.2) is 0 Å². The van der Waals surface area contributed by atoms with Gasteiger partial charge in [0.1, 0.15) is 4.90 Å². The fourth-order valence-corrected chi connectivity index (χ4v) is 4.69. The number of amides is 1. The topological polar surface area (TPSA) is 66.5 Å². The minimum Gasteiger partial charge on any atom is -0.385 e. The Morgan fingerprint density at radius 2 is 1.75 bits per heavy atom. The third-order valence-electron chi connectivity index (χ3n) is 4.21. The summed E-state index contributed by atoms with van der Waals surface area (Å²) < 4.78 is 26.3. The number of fused-ring (bicyclic) bond motifs is 1. The van der Waals surface area contributed by atoms with Crippen molar-refractivity contribution in [2.75, 3.05) is 18.4 Å². The first-order chi connectivity index (χ1) is 11.5. The summed E-state index contributed by atoms with van der Waals surface area (Å²) in [5.41, 5.74) is 2.22. The number of hydrogen-bond donors (Lipinski definition) is 1. The first kappa shape index (κ1) is 16.5. The number of carbonyl (C=O) groups excluding carboxylic acids is 1. The van der Waals surface area contributed by atoms with Crippen LogP contribution in [0.5, 0.6) is 0 Å². The first-order valence-electron chi connectivity index (χ1n) is 7.95. The van der Waals surface area contributed by atoms with Gasteiger partial charge in [0.2, 0.25) is 0 Å². The Bertz CT molecular complexity index is 877. The van der Waals surface area contributed by atoms with Crippen molar-refractivity contribution in [2.45, 2.75) is 24.7 Å². The van der Waals surface area contributed by atoms with E-state index in [-0.39, 0.29) is 22.9 Å². The SMILES string of the molecule is CCNc1ccccc1C(C)CN1C(=O)c2ccccc2S1(=O)=O. The summed E-state index contributed by atoms with van der Waals surface area (Å²) in [5, 5.41) is 3.28. The Kier molecular flexibility index (Phi) is 4.32. The van der Waals surface area contributed by atoms with Crippen molar-refractivity contribution in [1.29, 1.82) is 0 Å². The van der Waals surface area contributed by atoms with Gasteiger partial charge in [-0.3, -0.25) is 4.79 Å². The van der Waals surface area contributed by atoms with Crippen LogP contribution in [-0.2, 0) is 10.0 Å². The third kappa shape index (κ3) is 2.67. The molecule has 1 atom stereocenters. The first-order valence-corrected chi connectivity index (χ1v) is 9.39. The Balaban J connectivity index is 1.91. The Morgan fingerprint density at radius 3 is 2.46 bits per heavy atom. The van der Waals surface area contributed by atoms with Gasteiger partial charge in [-0.2, -0.15) is 0 Å². The molecule has 5 nitrogen and oxygen atoms in total. The Morgan fingerprint density at radius 1 is 1.08 bits per heavy atom. The minimum absolute atomic E-state index is 0.0992. The van der Waals surface area contributed by atoms with Crippen LogP contribution < -0.4 is 5.32 Å². The second-order valence-corrected chi connectivity index (χ2v) is 7.69. The van der Waals surface area contributed by atoms with Gasteiger partial charge in [0.25, 0.3) is 15.9 Å². The van der Waals surface area contributed by atoms with Crippen LogP contribution in [0.2, 0.25) is 0 Å². The van der Waals surface area contributed by atoms with Gasteiger partial charge < -0.3 is 5.32 Å². The van der Waals surface area contributed by atoms with E-state index >= 15 is 0 Å². The quantitative estimate of drug-likeness (QED) is 0.905. The zero-order valence-electron chi connectivity index (χ0n) is 13.7. The summed E-state index contributed by atoms with van der Waals surface area (Å²) in [5.74, 6) is -0.563. The predicted octanol–water partition coefficient (Wildman–Crippen LogP) is 3.07. The maximum atomic E-state index is 12.7. The van der Waals surface area contributed by atoms with Crippen LogP contribution in [0, 0.1) is 0 Å². The van der Waals surface area contributed by atoms with Gasteiger partial charge in [-0.05, 0) is 30.7 Å². The molecule has 2 aromatic carbocycles. The van der Waals surface area contributed by atoms with Gasteiger partial charge in [-0.1, -0.05) is 37.3 Å². The molecule has 1 N–H and O–H groups in total. The van der Waals surface area contributed by atoms with Crippen molar-refractivity contribution in [3.8, 4) is 0 Å². The van der Waals surface area contributed by atoms with Crippen LogP contribution in [-0.4, -0.2) is 31.7 Å². The number of hydrogen-bond acceptors (Lipinski definition) is 4. The van der Waals surface area contributed by atoms with E-state index in [1.165, 1.54) is 6.07 Å². The van der Waals surface area contributed by atoms with Crippen molar-refractivity contribution in [3.63, 3.8) is 0 Å². The molecule has 1 unspecified atom stereocenters. The smallest absolute Gasteiger partial charge is 0.269 e. The van der Waals surface area contributed by atoms with E-state index in [0.29, 0.717) is 0 Å². The standard InChI is InChI=1S/C18H20N2O3S/c1-3-19-16-10-6-4-8-14(16)13(2)12-20-18(21)15-9-5-7-11-17(15)24(20,22)23/h4-11,13,19H,3,12H2,1-2H3. The molecule has 0 bridgehead atoms. The summed E-state index contributed by atoms with van der Waals surface area (Å²) in [6.45, 7) is 4.84. The van der Waals surface area contributed by atoms with Gasteiger partial charge in [0, 0.05) is 24.7 Å². The van der Waals surface area contributed by atoms with Crippen molar-refractivity contribution < 1.29 is 13.2 Å². The minimum atomic E-state index is -3.76. The van der Waals surface area contributed by atoms with Crippen molar-refractivity contribution in [1.82, 2.24) is 4.31 Å². The highest BCUT2D eigenvalue weighted by Crippen LogP contribution is 2.33. The predicted molar refractivity (Wildman–Crippen MR) is 93.7 cm³/mol. The van der Waals surface area contributed by atoms with Crippen LogP contribution in [0.4, 0.5) is 5.69 Å². The van der Waals surface area contributed by atoms with E-state index in [4.69, 9.17) is 0 Å². The molecule has 24 heavy (non-hydrogen) atoms. The van der Waals surface area contributed by atoms with Gasteiger partial charge in [-0.25, -0.2) is 12.7 Å². The fraction of sp³-hybridized carbons (Fsp3) is 0.278. The maximum Gasteiger partial charge on any atom is 0.269 e. The van der Waals surface area contributed by atoms with E-state index in [1.807, 2.05) is 38.1 Å². The van der Waals surface area contributed by atoms with E-state index < -0.39 is 15.9 Å². The number of rotatable bonds is 5. The molecule has 0 fully saturated rings. The largest absolute Gasteiger partial charge is 0.385 e. The molecule has 2 aromatic rings.